The molecule has 0 amide bonds. The van der Waals surface area contributed by atoms with E-state index in [0.29, 0.717) is 12.5 Å². The van der Waals surface area contributed by atoms with Crippen molar-refractivity contribution in [2.75, 3.05) is 13.7 Å². The molecule has 3 aromatic rings. The summed E-state index contributed by atoms with van der Waals surface area (Å²) in [5.74, 6) is 2.18. The highest BCUT2D eigenvalue weighted by molar-refractivity contribution is 5.40. The number of para-hydroxylation sites is 1. The second kappa shape index (κ2) is 11.2. The molecule has 3 rings (SSSR count). The van der Waals surface area contributed by atoms with Crippen LogP contribution in [0.2, 0.25) is 0 Å². The van der Waals surface area contributed by atoms with Gasteiger partial charge in [-0.25, -0.2) is 0 Å². The predicted octanol–water partition coefficient (Wildman–Crippen LogP) is 7.15. The van der Waals surface area contributed by atoms with Gasteiger partial charge in [0, 0.05) is 5.56 Å². The van der Waals surface area contributed by atoms with Crippen molar-refractivity contribution in [2.45, 2.75) is 58.2 Å². The molecule has 0 bridgehead atoms. The Hall–Kier alpha value is -2.78. The third-order valence-corrected chi connectivity index (χ3v) is 6.20. The van der Waals surface area contributed by atoms with Crippen LogP contribution in [0.1, 0.15) is 56.7 Å². The molecule has 0 aliphatic carbocycles. The van der Waals surface area contributed by atoms with Crippen LogP contribution in [0, 0.1) is 0 Å². The molecule has 3 aromatic carbocycles. The summed E-state index contributed by atoms with van der Waals surface area (Å²) >= 11 is 0. The van der Waals surface area contributed by atoms with Crippen LogP contribution in [-0.2, 0) is 16.6 Å². The largest absolute Gasteiger partial charge is 0.496 e. The van der Waals surface area contributed by atoms with Crippen LogP contribution in [0.5, 0.6) is 11.5 Å². The lowest BCUT2D eigenvalue weighted by Crippen LogP contribution is -2.41. The van der Waals surface area contributed by atoms with Gasteiger partial charge in [-0.05, 0) is 61.9 Å². The number of benzene rings is 3. The molecule has 0 aromatic heterocycles. The maximum absolute atomic E-state index is 6.46. The minimum Gasteiger partial charge on any atom is -0.496 e. The van der Waals surface area contributed by atoms with Crippen molar-refractivity contribution in [3.8, 4) is 11.5 Å². The lowest BCUT2D eigenvalue weighted by atomic mass is 9.83. The quantitative estimate of drug-likeness (QED) is 0.301. The maximum Gasteiger partial charge on any atom is 0.209 e. The van der Waals surface area contributed by atoms with Gasteiger partial charge >= 0.3 is 0 Å². The van der Waals surface area contributed by atoms with E-state index in [-0.39, 0.29) is 0 Å². The summed E-state index contributed by atoms with van der Waals surface area (Å²) in [4.78, 5) is 0. The summed E-state index contributed by atoms with van der Waals surface area (Å²) < 4.78 is 18.5. The first-order chi connectivity index (χ1) is 15.5. The van der Waals surface area contributed by atoms with Crippen LogP contribution in [0.15, 0.2) is 78.9 Å². The molecule has 3 nitrogen and oxygen atoms in total. The van der Waals surface area contributed by atoms with Gasteiger partial charge in [-0.15, -0.1) is 0 Å². The van der Waals surface area contributed by atoms with Gasteiger partial charge in [-0.3, -0.25) is 0 Å². The van der Waals surface area contributed by atoms with Gasteiger partial charge < -0.3 is 14.2 Å². The van der Waals surface area contributed by atoms with E-state index in [0.717, 1.165) is 29.9 Å². The van der Waals surface area contributed by atoms with Crippen molar-refractivity contribution >= 4 is 0 Å². The summed E-state index contributed by atoms with van der Waals surface area (Å²) in [6.07, 6.45) is 1.47. The molecule has 0 spiro atoms. The maximum atomic E-state index is 6.46. The lowest BCUT2D eigenvalue weighted by Gasteiger charge is -2.35. The zero-order valence-electron chi connectivity index (χ0n) is 20.0. The zero-order valence-corrected chi connectivity index (χ0v) is 20.0. The SMILES string of the molecule is CCC(C)c1ccc(OC(OCCc2ccccc2)C(C)(C)c2ccccc2OC)cc1. The topological polar surface area (TPSA) is 27.7 Å². The average molecular weight is 433 g/mol. The molecule has 2 atom stereocenters. The molecule has 170 valence electrons. The number of hydrogen-bond donors (Lipinski definition) is 0. The fourth-order valence-electron chi connectivity index (χ4n) is 3.86. The van der Waals surface area contributed by atoms with Crippen molar-refractivity contribution in [3.05, 3.63) is 95.6 Å². The number of ether oxygens (including phenoxy) is 3. The molecular weight excluding hydrogens is 396 g/mol. The number of rotatable bonds is 11. The van der Waals surface area contributed by atoms with Crippen molar-refractivity contribution in [2.24, 2.45) is 0 Å². The summed E-state index contributed by atoms with van der Waals surface area (Å²) in [5, 5.41) is 0. The van der Waals surface area contributed by atoms with Gasteiger partial charge in [-0.1, -0.05) is 74.5 Å². The van der Waals surface area contributed by atoms with E-state index in [9.17, 15) is 0 Å². The second-order valence-corrected chi connectivity index (χ2v) is 8.86. The first-order valence-electron chi connectivity index (χ1n) is 11.5. The minimum atomic E-state index is -0.475. The molecule has 0 saturated carbocycles. The Balaban J connectivity index is 1.83. The van der Waals surface area contributed by atoms with Crippen LogP contribution < -0.4 is 9.47 Å². The monoisotopic (exact) mass is 432 g/mol. The Morgan fingerprint density at radius 1 is 0.844 bits per heavy atom. The third kappa shape index (κ3) is 5.92. The predicted molar refractivity (Wildman–Crippen MR) is 132 cm³/mol. The molecule has 2 unspecified atom stereocenters. The summed E-state index contributed by atoms with van der Waals surface area (Å²) in [6.45, 7) is 9.31. The van der Waals surface area contributed by atoms with Gasteiger partial charge in [0.05, 0.1) is 19.1 Å². The molecule has 0 heterocycles. The van der Waals surface area contributed by atoms with Crippen LogP contribution in [0.3, 0.4) is 0 Å². The second-order valence-electron chi connectivity index (χ2n) is 8.86. The molecule has 3 heteroatoms. The van der Waals surface area contributed by atoms with E-state index in [1.54, 1.807) is 7.11 Å². The third-order valence-electron chi connectivity index (χ3n) is 6.20. The first-order valence-corrected chi connectivity index (χ1v) is 11.5. The molecule has 0 aliphatic heterocycles. The first kappa shape index (κ1) is 23.9. The van der Waals surface area contributed by atoms with Crippen molar-refractivity contribution in [1.82, 2.24) is 0 Å². The van der Waals surface area contributed by atoms with Crippen LogP contribution >= 0.6 is 0 Å². The fourth-order valence-corrected chi connectivity index (χ4v) is 3.86. The highest BCUT2D eigenvalue weighted by Crippen LogP contribution is 2.37. The molecule has 0 aliphatic rings. The summed E-state index contributed by atoms with van der Waals surface area (Å²) in [7, 11) is 1.70. The molecular formula is C29H36O3. The van der Waals surface area contributed by atoms with Crippen LogP contribution in [-0.4, -0.2) is 20.0 Å². The van der Waals surface area contributed by atoms with Gasteiger partial charge in [0.25, 0.3) is 0 Å². The van der Waals surface area contributed by atoms with E-state index in [1.807, 2.05) is 36.4 Å². The highest BCUT2D eigenvalue weighted by Gasteiger charge is 2.36. The van der Waals surface area contributed by atoms with Crippen molar-refractivity contribution in [1.29, 1.82) is 0 Å². The Morgan fingerprint density at radius 2 is 1.50 bits per heavy atom. The van der Waals surface area contributed by atoms with Crippen molar-refractivity contribution in [3.63, 3.8) is 0 Å². The van der Waals surface area contributed by atoms with Crippen LogP contribution in [0.25, 0.3) is 0 Å². The smallest absolute Gasteiger partial charge is 0.209 e. The zero-order chi connectivity index (χ0) is 23.0. The molecule has 32 heavy (non-hydrogen) atoms. The highest BCUT2D eigenvalue weighted by atomic mass is 16.7. The Morgan fingerprint density at radius 3 is 2.16 bits per heavy atom. The van der Waals surface area contributed by atoms with E-state index in [4.69, 9.17) is 14.2 Å². The number of methoxy groups -OCH3 is 1. The summed E-state index contributed by atoms with van der Waals surface area (Å²) in [5.41, 5.74) is 3.20. The van der Waals surface area contributed by atoms with Crippen molar-refractivity contribution < 1.29 is 14.2 Å². The standard InChI is InChI=1S/C29H36O3/c1-6-22(2)24-16-18-25(19-17-24)32-28(31-21-20-23-12-8-7-9-13-23)29(3,4)26-14-10-11-15-27(26)30-5/h7-19,22,28H,6,20-21H2,1-5H3. The van der Waals surface area contributed by atoms with Gasteiger partial charge in [-0.2, -0.15) is 0 Å². The van der Waals surface area contributed by atoms with E-state index < -0.39 is 11.7 Å². The molecule has 0 radical (unpaired) electrons. The van der Waals surface area contributed by atoms with Gasteiger partial charge in [0.15, 0.2) is 0 Å². The summed E-state index contributed by atoms with van der Waals surface area (Å²) in [6, 6.07) is 26.9. The number of hydrogen-bond acceptors (Lipinski definition) is 3. The molecule has 0 saturated heterocycles. The fraction of sp³-hybridized carbons (Fsp3) is 0.379. The Kier molecular flexibility index (Phi) is 8.35. The van der Waals surface area contributed by atoms with Gasteiger partial charge in [0.1, 0.15) is 11.5 Å². The van der Waals surface area contributed by atoms with Crippen LogP contribution in [0.4, 0.5) is 0 Å². The average Bonchev–Trinajstić information content (AvgIpc) is 2.84. The lowest BCUT2D eigenvalue weighted by molar-refractivity contribution is -0.120. The van der Waals surface area contributed by atoms with E-state index >= 15 is 0 Å². The van der Waals surface area contributed by atoms with E-state index in [1.165, 1.54) is 11.1 Å². The minimum absolute atomic E-state index is 0.432. The molecule has 0 fully saturated rings. The molecule has 0 N–H and O–H groups in total. The van der Waals surface area contributed by atoms with Gasteiger partial charge in [0.2, 0.25) is 6.29 Å². The Labute approximate surface area is 193 Å². The van der Waals surface area contributed by atoms with E-state index in [2.05, 4.69) is 70.2 Å². The Bertz CT molecular complexity index is 948. The normalized spacial score (nSPS) is 13.4.